The van der Waals surface area contributed by atoms with Crippen molar-refractivity contribution in [1.82, 2.24) is 0 Å². The molecule has 1 aliphatic rings. The van der Waals surface area contributed by atoms with Gasteiger partial charge in [-0.25, -0.2) is 0 Å². The van der Waals surface area contributed by atoms with Crippen molar-refractivity contribution in [3.05, 3.63) is 71.3 Å². The van der Waals surface area contributed by atoms with Gasteiger partial charge in [0, 0.05) is 5.88 Å². The summed E-state index contributed by atoms with van der Waals surface area (Å²) in [5.41, 5.74) is 2.23. The van der Waals surface area contributed by atoms with Gasteiger partial charge in [0.15, 0.2) is 0 Å². The average molecular weight is 301 g/mol. The molecule has 0 bridgehead atoms. The summed E-state index contributed by atoms with van der Waals surface area (Å²) in [6.45, 7) is 0. The molecule has 0 aromatic heterocycles. The quantitative estimate of drug-likeness (QED) is 0.785. The predicted molar refractivity (Wildman–Crippen MR) is 87.8 cm³/mol. The van der Waals surface area contributed by atoms with E-state index in [1.165, 1.54) is 24.8 Å². The van der Waals surface area contributed by atoms with Crippen molar-refractivity contribution in [2.75, 3.05) is 5.88 Å². The van der Waals surface area contributed by atoms with Crippen LogP contribution in [-0.4, -0.2) is 11.0 Å². The summed E-state index contributed by atoms with van der Waals surface area (Å²) < 4.78 is 0. The predicted octanol–water partition coefficient (Wildman–Crippen LogP) is 4.82. The highest BCUT2D eigenvalue weighted by Gasteiger charge is 2.31. The van der Waals surface area contributed by atoms with E-state index in [9.17, 15) is 5.11 Å². The van der Waals surface area contributed by atoms with E-state index in [4.69, 9.17) is 11.6 Å². The van der Waals surface area contributed by atoms with Gasteiger partial charge in [-0.2, -0.15) is 0 Å². The van der Waals surface area contributed by atoms with Crippen LogP contribution in [0.2, 0.25) is 0 Å². The second-order valence-corrected chi connectivity index (χ2v) is 6.29. The van der Waals surface area contributed by atoms with E-state index < -0.39 is 5.60 Å². The Morgan fingerprint density at radius 2 is 1.57 bits per heavy atom. The molecule has 1 nitrogen and oxygen atoms in total. The lowest BCUT2D eigenvalue weighted by Gasteiger charge is -2.30. The molecule has 1 aliphatic carbocycles. The first-order chi connectivity index (χ1) is 10.2. The fourth-order valence-corrected chi connectivity index (χ4v) is 3.35. The van der Waals surface area contributed by atoms with Crippen molar-refractivity contribution in [2.45, 2.75) is 37.2 Å². The van der Waals surface area contributed by atoms with Crippen LogP contribution in [0.3, 0.4) is 0 Å². The maximum absolute atomic E-state index is 11.2. The van der Waals surface area contributed by atoms with Crippen LogP contribution in [0.15, 0.2) is 54.6 Å². The van der Waals surface area contributed by atoms with Crippen LogP contribution in [0.5, 0.6) is 0 Å². The molecule has 1 atom stereocenters. The molecule has 110 valence electrons. The first-order valence-corrected chi connectivity index (χ1v) is 8.22. The minimum Gasteiger partial charge on any atom is -0.380 e. The van der Waals surface area contributed by atoms with Crippen LogP contribution in [0.25, 0.3) is 0 Å². The Labute approximate surface area is 131 Å². The van der Waals surface area contributed by atoms with Gasteiger partial charge >= 0.3 is 0 Å². The third-order valence-electron chi connectivity index (χ3n) is 4.67. The molecule has 0 saturated heterocycles. The van der Waals surface area contributed by atoms with Crippen molar-refractivity contribution in [3.8, 4) is 0 Å². The summed E-state index contributed by atoms with van der Waals surface area (Å²) >= 11 is 5.94. The van der Waals surface area contributed by atoms with Crippen LogP contribution in [0.1, 0.15) is 48.3 Å². The first kappa shape index (κ1) is 14.6. The van der Waals surface area contributed by atoms with Gasteiger partial charge in [-0.1, -0.05) is 61.0 Å². The van der Waals surface area contributed by atoms with Crippen molar-refractivity contribution in [2.24, 2.45) is 0 Å². The number of halogens is 1. The number of alkyl halides is 1. The lowest BCUT2D eigenvalue weighted by molar-refractivity contribution is 0.0774. The zero-order valence-corrected chi connectivity index (χ0v) is 12.9. The molecular formula is C19H21ClO. The second kappa shape index (κ2) is 6.21. The van der Waals surface area contributed by atoms with Gasteiger partial charge in [-0.15, -0.1) is 11.6 Å². The average Bonchev–Trinajstić information content (AvgIpc) is 2.47. The van der Waals surface area contributed by atoms with Gasteiger partial charge in [-0.05, 0) is 41.9 Å². The summed E-state index contributed by atoms with van der Waals surface area (Å²) in [4.78, 5) is 0. The lowest BCUT2D eigenvalue weighted by atomic mass is 9.78. The van der Waals surface area contributed by atoms with E-state index in [1.54, 1.807) is 0 Å². The molecule has 0 amide bonds. The molecule has 1 unspecified atom stereocenters. The van der Waals surface area contributed by atoms with Crippen molar-refractivity contribution in [1.29, 1.82) is 0 Å². The molecule has 2 heteroatoms. The minimum atomic E-state index is -0.999. The molecule has 0 radical (unpaired) electrons. The van der Waals surface area contributed by atoms with Crippen molar-refractivity contribution >= 4 is 11.6 Å². The van der Waals surface area contributed by atoms with E-state index in [0.29, 0.717) is 12.3 Å². The topological polar surface area (TPSA) is 20.2 Å². The van der Waals surface area contributed by atoms with Crippen molar-refractivity contribution < 1.29 is 5.11 Å². The number of hydrogen-bond acceptors (Lipinski definition) is 1. The Balaban J connectivity index is 1.93. The third kappa shape index (κ3) is 2.86. The molecule has 1 fully saturated rings. The van der Waals surface area contributed by atoms with E-state index in [1.807, 2.05) is 30.3 Å². The highest BCUT2D eigenvalue weighted by molar-refractivity contribution is 6.17. The number of benzene rings is 2. The molecule has 2 aromatic carbocycles. The fraction of sp³-hybridized carbons (Fsp3) is 0.368. The Kier molecular flexibility index (Phi) is 4.32. The summed E-state index contributed by atoms with van der Waals surface area (Å²) in [6.07, 6.45) is 4.45. The van der Waals surface area contributed by atoms with E-state index in [-0.39, 0.29) is 0 Å². The second-order valence-electron chi connectivity index (χ2n) is 5.92. The number of aliphatic hydroxyl groups is 1. The van der Waals surface area contributed by atoms with E-state index >= 15 is 0 Å². The van der Waals surface area contributed by atoms with Crippen LogP contribution in [-0.2, 0) is 5.60 Å². The lowest BCUT2D eigenvalue weighted by Crippen LogP contribution is -2.28. The van der Waals surface area contributed by atoms with E-state index in [0.717, 1.165) is 17.0 Å². The Morgan fingerprint density at radius 3 is 2.10 bits per heavy atom. The Morgan fingerprint density at radius 1 is 0.952 bits per heavy atom. The SMILES string of the molecule is OC(CCCl)(c1ccccc1)c1ccc(C2CCC2)cc1. The van der Waals surface area contributed by atoms with Gasteiger partial charge in [0.2, 0.25) is 0 Å². The molecule has 1 N–H and O–H groups in total. The van der Waals surface area contributed by atoms with Gasteiger partial charge in [0.05, 0.1) is 0 Å². The smallest absolute Gasteiger partial charge is 0.116 e. The van der Waals surface area contributed by atoms with Crippen LogP contribution < -0.4 is 0 Å². The standard InChI is InChI=1S/C19H21ClO/c20-14-13-19(21,17-7-2-1-3-8-17)18-11-9-16(10-12-18)15-5-4-6-15/h1-3,7-12,15,21H,4-6,13-14H2. The zero-order valence-electron chi connectivity index (χ0n) is 12.1. The van der Waals surface area contributed by atoms with Gasteiger partial charge in [0.25, 0.3) is 0 Å². The molecule has 0 aliphatic heterocycles. The van der Waals surface area contributed by atoms with Crippen LogP contribution >= 0.6 is 11.6 Å². The molecule has 1 saturated carbocycles. The third-order valence-corrected chi connectivity index (χ3v) is 4.86. The van der Waals surface area contributed by atoms with Gasteiger partial charge in [0.1, 0.15) is 5.60 Å². The first-order valence-electron chi connectivity index (χ1n) is 7.68. The maximum Gasteiger partial charge on any atom is 0.116 e. The maximum atomic E-state index is 11.2. The zero-order chi connectivity index (χ0) is 14.7. The Bertz CT molecular complexity index is 574. The number of rotatable bonds is 5. The normalized spacial score (nSPS) is 18.0. The minimum absolute atomic E-state index is 0.426. The highest BCUT2D eigenvalue weighted by atomic mass is 35.5. The fourth-order valence-electron chi connectivity index (χ4n) is 3.08. The molecular weight excluding hydrogens is 280 g/mol. The molecule has 2 aromatic rings. The summed E-state index contributed by atoms with van der Waals surface area (Å²) in [5.74, 6) is 1.15. The Hall–Kier alpha value is -1.31. The largest absolute Gasteiger partial charge is 0.380 e. The van der Waals surface area contributed by atoms with Gasteiger partial charge < -0.3 is 5.11 Å². The molecule has 3 rings (SSSR count). The molecule has 21 heavy (non-hydrogen) atoms. The number of hydrogen-bond donors (Lipinski definition) is 1. The van der Waals surface area contributed by atoms with Gasteiger partial charge in [-0.3, -0.25) is 0 Å². The summed E-state index contributed by atoms with van der Waals surface area (Å²) in [7, 11) is 0. The van der Waals surface area contributed by atoms with Crippen molar-refractivity contribution in [3.63, 3.8) is 0 Å². The summed E-state index contributed by atoms with van der Waals surface area (Å²) in [5, 5.41) is 11.2. The monoisotopic (exact) mass is 300 g/mol. The van der Waals surface area contributed by atoms with E-state index in [2.05, 4.69) is 24.3 Å². The van der Waals surface area contributed by atoms with Crippen LogP contribution in [0.4, 0.5) is 0 Å². The molecule has 0 heterocycles. The highest BCUT2D eigenvalue weighted by Crippen LogP contribution is 2.38. The van der Waals surface area contributed by atoms with Crippen LogP contribution in [0, 0.1) is 0 Å². The molecule has 0 spiro atoms. The summed E-state index contributed by atoms with van der Waals surface area (Å²) in [6, 6.07) is 18.3.